The summed E-state index contributed by atoms with van der Waals surface area (Å²) in [6.07, 6.45) is 0. The number of nitrogens with zero attached hydrogens (tertiary/aromatic N) is 1. The number of hydrogen-bond donors (Lipinski definition) is 2. The Hall–Kier alpha value is -1.97. The van der Waals surface area contributed by atoms with E-state index in [2.05, 4.69) is 0 Å². The standard InChI is InChI=1S/C12H12FNO2/c1-8-2-4-10(5-3-8)14-11(15)6-9(7-13)12(14)16/h2-6,15-16H,7H2,1H3. The lowest BCUT2D eigenvalue weighted by molar-refractivity contribution is 0.393. The summed E-state index contributed by atoms with van der Waals surface area (Å²) in [7, 11) is 0. The van der Waals surface area contributed by atoms with E-state index in [0.29, 0.717) is 5.69 Å². The fraction of sp³-hybridized carbons (Fsp3) is 0.167. The molecule has 4 heteroatoms. The summed E-state index contributed by atoms with van der Waals surface area (Å²) in [5.74, 6) is -0.433. The molecule has 0 saturated carbocycles. The van der Waals surface area contributed by atoms with Crippen LogP contribution in [0.4, 0.5) is 4.39 Å². The Balaban J connectivity index is 2.55. The van der Waals surface area contributed by atoms with Crippen LogP contribution in [0.15, 0.2) is 30.3 Å². The third-order valence-corrected chi connectivity index (χ3v) is 2.47. The zero-order valence-corrected chi connectivity index (χ0v) is 8.81. The average molecular weight is 221 g/mol. The molecule has 2 N–H and O–H groups in total. The molecule has 2 rings (SSSR count). The number of aromatic nitrogens is 1. The normalized spacial score (nSPS) is 10.6. The average Bonchev–Trinajstić information content (AvgIpc) is 2.56. The van der Waals surface area contributed by atoms with Gasteiger partial charge in [-0.3, -0.25) is 4.57 Å². The first-order chi connectivity index (χ1) is 7.63. The van der Waals surface area contributed by atoms with Crippen LogP contribution in [0.2, 0.25) is 0 Å². The van der Waals surface area contributed by atoms with Crippen LogP contribution in [0.25, 0.3) is 5.69 Å². The van der Waals surface area contributed by atoms with Gasteiger partial charge in [-0.05, 0) is 19.1 Å². The summed E-state index contributed by atoms with van der Waals surface area (Å²) in [6, 6.07) is 8.41. The molecular weight excluding hydrogens is 209 g/mol. The van der Waals surface area contributed by atoms with Gasteiger partial charge in [-0.2, -0.15) is 0 Å². The lowest BCUT2D eigenvalue weighted by Gasteiger charge is -2.07. The highest BCUT2D eigenvalue weighted by atomic mass is 19.1. The van der Waals surface area contributed by atoms with Crippen molar-refractivity contribution in [3.8, 4) is 17.4 Å². The largest absolute Gasteiger partial charge is 0.494 e. The molecule has 0 unspecified atom stereocenters. The minimum absolute atomic E-state index is 0.0816. The first-order valence-electron chi connectivity index (χ1n) is 4.89. The molecular formula is C12H12FNO2. The number of hydrogen-bond acceptors (Lipinski definition) is 2. The van der Waals surface area contributed by atoms with Crippen LogP contribution in [-0.2, 0) is 6.67 Å². The molecule has 0 aliphatic heterocycles. The van der Waals surface area contributed by atoms with Gasteiger partial charge < -0.3 is 10.2 Å². The lowest BCUT2D eigenvalue weighted by Crippen LogP contribution is -1.92. The van der Waals surface area contributed by atoms with Crippen molar-refractivity contribution in [3.05, 3.63) is 41.5 Å². The van der Waals surface area contributed by atoms with E-state index >= 15 is 0 Å². The minimum atomic E-state index is -0.807. The van der Waals surface area contributed by atoms with E-state index in [1.54, 1.807) is 12.1 Å². The van der Waals surface area contributed by atoms with Crippen molar-refractivity contribution in [3.63, 3.8) is 0 Å². The molecule has 1 aromatic heterocycles. The summed E-state index contributed by atoms with van der Waals surface area (Å²) in [5.41, 5.74) is 1.75. The second kappa shape index (κ2) is 3.89. The van der Waals surface area contributed by atoms with Gasteiger partial charge in [-0.25, -0.2) is 4.39 Å². The number of benzene rings is 1. The molecule has 0 amide bonds. The first-order valence-corrected chi connectivity index (χ1v) is 4.89. The van der Waals surface area contributed by atoms with Gasteiger partial charge >= 0.3 is 0 Å². The highest BCUT2D eigenvalue weighted by molar-refractivity contribution is 5.47. The second-order valence-corrected chi connectivity index (χ2v) is 3.66. The molecule has 16 heavy (non-hydrogen) atoms. The topological polar surface area (TPSA) is 45.4 Å². The predicted molar refractivity (Wildman–Crippen MR) is 58.6 cm³/mol. The van der Waals surface area contributed by atoms with Crippen molar-refractivity contribution in [2.24, 2.45) is 0 Å². The molecule has 1 heterocycles. The Morgan fingerprint density at radius 1 is 1.19 bits per heavy atom. The van der Waals surface area contributed by atoms with Crippen molar-refractivity contribution in [1.82, 2.24) is 4.57 Å². The van der Waals surface area contributed by atoms with Crippen LogP contribution < -0.4 is 0 Å². The van der Waals surface area contributed by atoms with Crippen LogP contribution in [0.3, 0.4) is 0 Å². The minimum Gasteiger partial charge on any atom is -0.494 e. The van der Waals surface area contributed by atoms with Gasteiger partial charge in [-0.1, -0.05) is 17.7 Å². The molecule has 3 nitrogen and oxygen atoms in total. The third kappa shape index (κ3) is 1.62. The molecule has 0 aliphatic carbocycles. The molecule has 0 aliphatic rings. The quantitative estimate of drug-likeness (QED) is 0.818. The summed E-state index contributed by atoms with van der Waals surface area (Å²) < 4.78 is 13.7. The van der Waals surface area contributed by atoms with Gasteiger partial charge in [0.25, 0.3) is 0 Å². The van der Waals surface area contributed by atoms with Gasteiger partial charge in [0.2, 0.25) is 5.88 Å². The maximum atomic E-state index is 12.5. The molecule has 0 fully saturated rings. The third-order valence-electron chi connectivity index (χ3n) is 2.47. The number of halogens is 1. The van der Waals surface area contributed by atoms with Crippen molar-refractivity contribution in [2.75, 3.05) is 0 Å². The number of aryl methyl sites for hydroxylation is 1. The Bertz CT molecular complexity index is 502. The maximum absolute atomic E-state index is 12.5. The van der Waals surface area contributed by atoms with Gasteiger partial charge in [0, 0.05) is 11.6 Å². The van der Waals surface area contributed by atoms with Crippen LogP contribution in [0, 0.1) is 6.92 Å². The molecule has 84 valence electrons. The first kappa shape index (κ1) is 10.5. The predicted octanol–water partition coefficient (Wildman–Crippen LogP) is 2.67. The highest BCUT2D eigenvalue weighted by Crippen LogP contribution is 2.31. The van der Waals surface area contributed by atoms with Crippen LogP contribution in [0.1, 0.15) is 11.1 Å². The Morgan fingerprint density at radius 2 is 1.81 bits per heavy atom. The van der Waals surface area contributed by atoms with Gasteiger partial charge in [0.15, 0.2) is 5.88 Å². The maximum Gasteiger partial charge on any atom is 0.204 e. The molecule has 0 atom stereocenters. The van der Waals surface area contributed by atoms with E-state index in [-0.39, 0.29) is 17.3 Å². The molecule has 1 aromatic carbocycles. The van der Waals surface area contributed by atoms with Crippen LogP contribution >= 0.6 is 0 Å². The zero-order valence-electron chi connectivity index (χ0n) is 8.81. The van der Waals surface area contributed by atoms with E-state index < -0.39 is 6.67 Å². The number of aromatic hydroxyl groups is 2. The number of rotatable bonds is 2. The van der Waals surface area contributed by atoms with Gasteiger partial charge in [0.1, 0.15) is 6.67 Å². The van der Waals surface area contributed by atoms with Crippen molar-refractivity contribution >= 4 is 0 Å². The molecule has 0 saturated heterocycles. The molecule has 0 spiro atoms. The monoisotopic (exact) mass is 221 g/mol. The summed E-state index contributed by atoms with van der Waals surface area (Å²) in [5, 5.41) is 19.3. The van der Waals surface area contributed by atoms with Gasteiger partial charge in [0.05, 0.1) is 5.69 Å². The highest BCUT2D eigenvalue weighted by Gasteiger charge is 2.14. The Kier molecular flexibility index (Phi) is 2.56. The zero-order chi connectivity index (χ0) is 11.7. The van der Waals surface area contributed by atoms with E-state index in [4.69, 9.17) is 0 Å². The molecule has 2 aromatic rings. The molecule has 0 radical (unpaired) electrons. The van der Waals surface area contributed by atoms with E-state index in [1.165, 1.54) is 10.6 Å². The SMILES string of the molecule is Cc1ccc(-n2c(O)cc(CF)c2O)cc1. The second-order valence-electron chi connectivity index (χ2n) is 3.66. The summed E-state index contributed by atoms with van der Waals surface area (Å²) in [6.45, 7) is 1.13. The Labute approximate surface area is 92.4 Å². The summed E-state index contributed by atoms with van der Waals surface area (Å²) >= 11 is 0. The molecule has 0 bridgehead atoms. The van der Waals surface area contributed by atoms with Crippen molar-refractivity contribution in [2.45, 2.75) is 13.6 Å². The van der Waals surface area contributed by atoms with E-state index in [9.17, 15) is 14.6 Å². The fourth-order valence-electron chi connectivity index (χ4n) is 1.58. The smallest absolute Gasteiger partial charge is 0.204 e. The Morgan fingerprint density at radius 3 is 2.31 bits per heavy atom. The van der Waals surface area contributed by atoms with Crippen LogP contribution in [-0.4, -0.2) is 14.8 Å². The van der Waals surface area contributed by atoms with Gasteiger partial charge in [-0.15, -0.1) is 0 Å². The van der Waals surface area contributed by atoms with Crippen molar-refractivity contribution in [1.29, 1.82) is 0 Å². The summed E-state index contributed by atoms with van der Waals surface area (Å²) in [4.78, 5) is 0. The fourth-order valence-corrected chi connectivity index (χ4v) is 1.58. The lowest BCUT2D eigenvalue weighted by atomic mass is 10.2. The van der Waals surface area contributed by atoms with E-state index in [1.807, 2.05) is 19.1 Å². The van der Waals surface area contributed by atoms with Crippen molar-refractivity contribution < 1.29 is 14.6 Å². The van der Waals surface area contributed by atoms with E-state index in [0.717, 1.165) is 5.56 Å². The number of alkyl halides is 1. The van der Waals surface area contributed by atoms with Crippen LogP contribution in [0.5, 0.6) is 11.8 Å².